The first-order valence-electron chi connectivity index (χ1n) is 12.1. The lowest BCUT2D eigenvalue weighted by Gasteiger charge is -2.46. The molecule has 2 N–H and O–H groups in total. The zero-order chi connectivity index (χ0) is 27.3. The minimum absolute atomic E-state index is 0.0640. The Morgan fingerprint density at radius 3 is 2.46 bits per heavy atom. The highest BCUT2D eigenvalue weighted by Gasteiger charge is 2.61. The van der Waals surface area contributed by atoms with Gasteiger partial charge >= 0.3 is 0 Å². The van der Waals surface area contributed by atoms with Crippen LogP contribution in [0.1, 0.15) is 35.1 Å². The Morgan fingerprint density at radius 1 is 0.923 bits per heavy atom. The average molecular weight is 626 g/mol. The molecule has 0 saturated carbocycles. The molecule has 2 amide bonds. The lowest BCUT2D eigenvalue weighted by Crippen LogP contribution is -2.56. The van der Waals surface area contributed by atoms with Gasteiger partial charge in [0.15, 0.2) is 0 Å². The third-order valence-electron chi connectivity index (χ3n) is 7.33. The van der Waals surface area contributed by atoms with Gasteiger partial charge in [0, 0.05) is 38.1 Å². The smallest absolute Gasteiger partial charge is 0.238 e. The van der Waals surface area contributed by atoms with Gasteiger partial charge in [-0.05, 0) is 77.9 Å². The van der Waals surface area contributed by atoms with Crippen LogP contribution in [0.2, 0.25) is 10.0 Å². The summed E-state index contributed by atoms with van der Waals surface area (Å²) >= 11 is 16.2. The summed E-state index contributed by atoms with van der Waals surface area (Å²) in [6.45, 7) is 0. The van der Waals surface area contributed by atoms with Crippen molar-refractivity contribution in [1.29, 1.82) is 0 Å². The number of amides is 2. The standard InChI is InChI=1S/C30H20BrCl2FN2O3/c31-17-4-11-26(39-21-8-6-20(34)7-9-21)22(13-17)28-30(23-10-5-19(33)14-25(23)35-29(30)38)24(15-27(37)36-28)16-2-1-3-18(32)12-16/h1-14,24,28H,15H2,(H,35,38)(H,36,37)/t24-,28+,30?/m0/s1. The summed E-state index contributed by atoms with van der Waals surface area (Å²) in [6, 6.07) is 22.7. The van der Waals surface area contributed by atoms with Crippen LogP contribution < -0.4 is 15.4 Å². The van der Waals surface area contributed by atoms with Crippen LogP contribution in [0.4, 0.5) is 10.1 Å². The minimum Gasteiger partial charge on any atom is -0.457 e. The van der Waals surface area contributed by atoms with E-state index in [2.05, 4.69) is 26.6 Å². The van der Waals surface area contributed by atoms with Crippen LogP contribution in [0.25, 0.3) is 0 Å². The molecule has 4 aromatic carbocycles. The molecule has 0 aliphatic carbocycles. The summed E-state index contributed by atoms with van der Waals surface area (Å²) in [5, 5.41) is 7.10. The number of hydrogen-bond acceptors (Lipinski definition) is 3. The van der Waals surface area contributed by atoms with Crippen molar-refractivity contribution in [3.63, 3.8) is 0 Å². The van der Waals surface area contributed by atoms with E-state index in [1.807, 2.05) is 24.3 Å². The number of ether oxygens (including phenoxy) is 1. The Balaban J connectivity index is 1.60. The maximum absolute atomic E-state index is 14.2. The highest BCUT2D eigenvalue weighted by Crippen LogP contribution is 2.58. The van der Waals surface area contributed by atoms with Crippen molar-refractivity contribution in [3.8, 4) is 11.5 Å². The number of hydrogen-bond donors (Lipinski definition) is 2. The SMILES string of the molecule is O=C1C[C@@H](c2cccc(Cl)c2)C2(C(=O)Nc3cc(Cl)ccc32)[C@@H](c2cc(Br)ccc2Oc2ccc(F)cc2)N1. The van der Waals surface area contributed by atoms with Gasteiger partial charge in [0.25, 0.3) is 0 Å². The van der Waals surface area contributed by atoms with Crippen molar-refractivity contribution >= 4 is 56.6 Å². The lowest BCUT2D eigenvalue weighted by atomic mass is 9.59. The molecule has 39 heavy (non-hydrogen) atoms. The van der Waals surface area contributed by atoms with Crippen LogP contribution in [-0.4, -0.2) is 11.8 Å². The van der Waals surface area contributed by atoms with Crippen molar-refractivity contribution in [2.24, 2.45) is 0 Å². The Bertz CT molecular complexity index is 1630. The molecule has 196 valence electrons. The van der Waals surface area contributed by atoms with Gasteiger partial charge in [-0.1, -0.05) is 57.3 Å². The molecule has 0 aromatic heterocycles. The van der Waals surface area contributed by atoms with Crippen LogP contribution in [0.3, 0.4) is 0 Å². The van der Waals surface area contributed by atoms with Crippen LogP contribution in [0.5, 0.6) is 11.5 Å². The summed E-state index contributed by atoms with van der Waals surface area (Å²) in [5.74, 6) is -0.628. The molecule has 4 aromatic rings. The first-order valence-corrected chi connectivity index (χ1v) is 13.7. The fraction of sp³-hybridized carbons (Fsp3) is 0.133. The van der Waals surface area contributed by atoms with Crippen LogP contribution in [-0.2, 0) is 15.0 Å². The molecular weight excluding hydrogens is 606 g/mol. The minimum atomic E-state index is -1.26. The van der Waals surface area contributed by atoms with Gasteiger partial charge in [0.05, 0.1) is 6.04 Å². The summed E-state index contributed by atoms with van der Waals surface area (Å²) in [7, 11) is 0. The second kappa shape index (κ2) is 9.97. The quantitative estimate of drug-likeness (QED) is 0.242. The number of rotatable bonds is 4. The van der Waals surface area contributed by atoms with E-state index in [9.17, 15) is 14.0 Å². The molecule has 1 unspecified atom stereocenters. The summed E-state index contributed by atoms with van der Waals surface area (Å²) in [5.41, 5.74) is 1.36. The molecule has 3 atom stereocenters. The van der Waals surface area contributed by atoms with Crippen LogP contribution >= 0.6 is 39.1 Å². The molecule has 0 bridgehead atoms. The van der Waals surface area contributed by atoms with E-state index >= 15 is 0 Å². The average Bonchev–Trinajstić information content (AvgIpc) is 3.18. The van der Waals surface area contributed by atoms with Gasteiger partial charge in [0.1, 0.15) is 22.7 Å². The molecule has 6 rings (SSSR count). The molecule has 1 fully saturated rings. The van der Waals surface area contributed by atoms with E-state index in [4.69, 9.17) is 27.9 Å². The van der Waals surface area contributed by atoms with Gasteiger partial charge in [-0.15, -0.1) is 0 Å². The van der Waals surface area contributed by atoms with Crippen molar-refractivity contribution < 1.29 is 18.7 Å². The predicted molar refractivity (Wildman–Crippen MR) is 152 cm³/mol. The molecule has 9 heteroatoms. The summed E-state index contributed by atoms with van der Waals surface area (Å²) < 4.78 is 20.5. The number of benzene rings is 4. The van der Waals surface area contributed by atoms with Crippen LogP contribution in [0, 0.1) is 5.82 Å². The largest absolute Gasteiger partial charge is 0.457 e. The molecule has 1 spiro atoms. The van der Waals surface area contributed by atoms with E-state index in [1.54, 1.807) is 36.4 Å². The zero-order valence-corrected chi connectivity index (χ0v) is 23.3. The van der Waals surface area contributed by atoms with Crippen molar-refractivity contribution in [3.05, 3.63) is 122 Å². The van der Waals surface area contributed by atoms with E-state index in [1.165, 1.54) is 24.3 Å². The van der Waals surface area contributed by atoms with Gasteiger partial charge in [0.2, 0.25) is 11.8 Å². The molecular formula is C30H20BrCl2FN2O3. The maximum Gasteiger partial charge on any atom is 0.238 e. The zero-order valence-electron chi connectivity index (χ0n) is 20.2. The highest BCUT2D eigenvalue weighted by atomic mass is 79.9. The van der Waals surface area contributed by atoms with Gasteiger partial charge < -0.3 is 15.4 Å². The molecule has 2 aliphatic heterocycles. The van der Waals surface area contributed by atoms with E-state index in [0.29, 0.717) is 38.4 Å². The van der Waals surface area contributed by atoms with Crippen LogP contribution in [0.15, 0.2) is 89.4 Å². The molecule has 0 radical (unpaired) electrons. The second-order valence-electron chi connectivity index (χ2n) is 9.56. The second-order valence-corrected chi connectivity index (χ2v) is 11.4. The molecule has 2 heterocycles. The number of piperidine rings is 1. The number of anilines is 1. The van der Waals surface area contributed by atoms with Crippen molar-refractivity contribution in [2.75, 3.05) is 5.32 Å². The first-order chi connectivity index (χ1) is 18.8. The predicted octanol–water partition coefficient (Wildman–Crippen LogP) is 7.92. The number of nitrogens with one attached hydrogen (secondary N) is 2. The van der Waals surface area contributed by atoms with Gasteiger partial charge in [-0.25, -0.2) is 4.39 Å². The summed E-state index contributed by atoms with van der Waals surface area (Å²) in [6.07, 6.45) is 0.0640. The Hall–Kier alpha value is -3.39. The Morgan fingerprint density at radius 2 is 1.69 bits per heavy atom. The topological polar surface area (TPSA) is 67.4 Å². The van der Waals surface area contributed by atoms with E-state index < -0.39 is 17.4 Å². The Kier molecular flexibility index (Phi) is 6.61. The molecule has 5 nitrogen and oxygen atoms in total. The monoisotopic (exact) mass is 624 g/mol. The fourth-order valence-electron chi connectivity index (χ4n) is 5.74. The number of carbonyl (C=O) groups excluding carboxylic acids is 2. The van der Waals surface area contributed by atoms with E-state index in [-0.39, 0.29) is 24.1 Å². The first kappa shape index (κ1) is 25.9. The third-order valence-corrected chi connectivity index (χ3v) is 8.29. The third kappa shape index (κ3) is 4.48. The van der Waals surface area contributed by atoms with Crippen molar-refractivity contribution in [2.45, 2.75) is 23.8 Å². The lowest BCUT2D eigenvalue weighted by molar-refractivity contribution is -0.131. The number of halogens is 4. The highest BCUT2D eigenvalue weighted by molar-refractivity contribution is 9.10. The van der Waals surface area contributed by atoms with E-state index in [0.717, 1.165) is 10.0 Å². The van der Waals surface area contributed by atoms with Gasteiger partial charge in [-0.2, -0.15) is 0 Å². The molecule has 2 aliphatic rings. The Labute approximate surface area is 242 Å². The fourth-order valence-corrected chi connectivity index (χ4v) is 6.49. The van der Waals surface area contributed by atoms with Gasteiger partial charge in [-0.3, -0.25) is 9.59 Å². The number of carbonyl (C=O) groups is 2. The van der Waals surface area contributed by atoms with Crippen molar-refractivity contribution in [1.82, 2.24) is 5.32 Å². The molecule has 1 saturated heterocycles. The summed E-state index contributed by atoms with van der Waals surface area (Å²) in [4.78, 5) is 27.6. The normalized spacial score (nSPS) is 21.8. The maximum atomic E-state index is 14.2. The number of fused-ring (bicyclic) bond motifs is 2.